The van der Waals surface area contributed by atoms with Crippen LogP contribution in [0.25, 0.3) is 11.3 Å². The van der Waals surface area contributed by atoms with Gasteiger partial charge >= 0.3 is 0 Å². The molecule has 1 aromatic carbocycles. The van der Waals surface area contributed by atoms with E-state index < -0.39 is 0 Å². The molecule has 1 aliphatic rings. The second-order valence-electron chi connectivity index (χ2n) is 7.56. The molecule has 0 aliphatic carbocycles. The molecule has 1 aliphatic heterocycles. The molecule has 0 saturated carbocycles. The molecule has 0 radical (unpaired) electrons. The predicted molar refractivity (Wildman–Crippen MR) is 104 cm³/mol. The van der Waals surface area contributed by atoms with Crippen molar-refractivity contribution >= 4 is 0 Å². The summed E-state index contributed by atoms with van der Waals surface area (Å²) in [5.74, 6) is 1.72. The Bertz CT molecular complexity index is 891. The van der Waals surface area contributed by atoms with Gasteiger partial charge in [-0.15, -0.1) is 0 Å². The van der Waals surface area contributed by atoms with Crippen molar-refractivity contribution in [3.05, 3.63) is 59.3 Å². The van der Waals surface area contributed by atoms with Crippen molar-refractivity contribution in [3.8, 4) is 11.3 Å². The third-order valence-electron chi connectivity index (χ3n) is 5.50. The molecule has 1 atom stereocenters. The predicted octanol–water partition coefficient (Wildman–Crippen LogP) is 3.81. The van der Waals surface area contributed by atoms with Crippen molar-refractivity contribution in [1.29, 1.82) is 0 Å². The van der Waals surface area contributed by atoms with Crippen LogP contribution >= 0.6 is 0 Å². The number of likely N-dealkylation sites (tertiary alicyclic amines) is 1. The van der Waals surface area contributed by atoms with Crippen LogP contribution in [-0.2, 0) is 13.6 Å². The minimum absolute atomic E-state index is 0.514. The van der Waals surface area contributed by atoms with E-state index in [9.17, 15) is 0 Å². The van der Waals surface area contributed by atoms with E-state index in [0.29, 0.717) is 5.92 Å². The zero-order valence-corrected chi connectivity index (χ0v) is 15.9. The maximum atomic E-state index is 4.58. The van der Waals surface area contributed by atoms with Gasteiger partial charge in [0.1, 0.15) is 5.82 Å². The first kappa shape index (κ1) is 17.0. The number of rotatable bonds is 4. The Morgan fingerprint density at radius 2 is 2.15 bits per heavy atom. The summed E-state index contributed by atoms with van der Waals surface area (Å²) in [7, 11) is 2.09. The SMILES string of the molecule is Cc1ccc(C)c(-c2[nH]ncc2CN2CCCC(c3nccn3C)C2)c1. The molecule has 3 heterocycles. The molecule has 2 aromatic heterocycles. The van der Waals surface area contributed by atoms with Gasteiger partial charge in [-0.05, 0) is 44.9 Å². The van der Waals surface area contributed by atoms with Crippen molar-refractivity contribution in [2.24, 2.45) is 7.05 Å². The van der Waals surface area contributed by atoms with Crippen LogP contribution in [0.5, 0.6) is 0 Å². The summed E-state index contributed by atoms with van der Waals surface area (Å²) in [6, 6.07) is 6.60. The van der Waals surface area contributed by atoms with Crippen LogP contribution < -0.4 is 0 Å². The molecular formula is C21H27N5. The van der Waals surface area contributed by atoms with Crippen molar-refractivity contribution in [1.82, 2.24) is 24.6 Å². The number of hydrogen-bond donors (Lipinski definition) is 1. The van der Waals surface area contributed by atoms with Gasteiger partial charge in [-0.3, -0.25) is 10.00 Å². The van der Waals surface area contributed by atoms with E-state index >= 15 is 0 Å². The minimum atomic E-state index is 0.514. The molecule has 0 spiro atoms. The molecule has 136 valence electrons. The fourth-order valence-electron chi connectivity index (χ4n) is 4.09. The summed E-state index contributed by atoms with van der Waals surface area (Å²) in [4.78, 5) is 7.12. The quantitative estimate of drug-likeness (QED) is 0.779. The topological polar surface area (TPSA) is 49.7 Å². The maximum Gasteiger partial charge on any atom is 0.112 e. The molecule has 1 saturated heterocycles. The van der Waals surface area contributed by atoms with Crippen LogP contribution in [0.3, 0.4) is 0 Å². The highest BCUT2D eigenvalue weighted by Crippen LogP contribution is 2.30. The summed E-state index contributed by atoms with van der Waals surface area (Å²) < 4.78 is 2.16. The lowest BCUT2D eigenvalue weighted by atomic mass is 9.96. The average molecular weight is 349 g/mol. The summed E-state index contributed by atoms with van der Waals surface area (Å²) in [6.07, 6.45) is 8.37. The molecule has 5 nitrogen and oxygen atoms in total. The van der Waals surface area contributed by atoms with E-state index in [1.165, 1.54) is 40.9 Å². The standard InChI is InChI=1S/C21H27N5/c1-15-6-7-16(2)19(11-15)20-18(12-23-24-20)14-26-9-4-5-17(13-26)21-22-8-10-25(21)3/h6-8,10-12,17H,4-5,9,13-14H2,1-3H3,(H,23,24). The fourth-order valence-corrected chi connectivity index (χ4v) is 4.09. The van der Waals surface area contributed by atoms with Gasteiger partial charge in [-0.25, -0.2) is 4.98 Å². The van der Waals surface area contributed by atoms with Gasteiger partial charge in [-0.1, -0.05) is 17.7 Å². The number of aromatic nitrogens is 4. The lowest BCUT2D eigenvalue weighted by molar-refractivity contribution is 0.195. The average Bonchev–Trinajstić information content (AvgIpc) is 3.26. The van der Waals surface area contributed by atoms with Gasteiger partial charge in [0.05, 0.1) is 11.9 Å². The highest BCUT2D eigenvalue weighted by atomic mass is 15.2. The van der Waals surface area contributed by atoms with Crippen LogP contribution in [0.2, 0.25) is 0 Å². The van der Waals surface area contributed by atoms with Crippen LogP contribution in [0.4, 0.5) is 0 Å². The molecule has 1 N–H and O–H groups in total. The molecule has 0 bridgehead atoms. The minimum Gasteiger partial charge on any atom is -0.338 e. The highest BCUT2D eigenvalue weighted by Gasteiger charge is 2.25. The van der Waals surface area contributed by atoms with E-state index in [2.05, 4.69) is 63.7 Å². The Kier molecular flexibility index (Phi) is 4.64. The second-order valence-corrected chi connectivity index (χ2v) is 7.56. The van der Waals surface area contributed by atoms with Gasteiger partial charge < -0.3 is 4.57 Å². The van der Waals surface area contributed by atoms with Gasteiger partial charge in [-0.2, -0.15) is 5.10 Å². The Hall–Kier alpha value is -2.40. The van der Waals surface area contributed by atoms with E-state index in [0.717, 1.165) is 25.3 Å². The van der Waals surface area contributed by atoms with Crippen molar-refractivity contribution < 1.29 is 0 Å². The maximum absolute atomic E-state index is 4.58. The van der Waals surface area contributed by atoms with Gasteiger partial charge in [0, 0.05) is 49.6 Å². The molecule has 1 fully saturated rings. The van der Waals surface area contributed by atoms with E-state index in [1.807, 2.05) is 18.6 Å². The van der Waals surface area contributed by atoms with Crippen LogP contribution in [0.1, 0.15) is 41.3 Å². The zero-order chi connectivity index (χ0) is 18.1. The molecule has 0 amide bonds. The lowest BCUT2D eigenvalue weighted by Gasteiger charge is -2.32. The number of H-pyrrole nitrogens is 1. The van der Waals surface area contributed by atoms with Crippen LogP contribution in [0, 0.1) is 13.8 Å². The number of piperidine rings is 1. The Morgan fingerprint density at radius 3 is 2.96 bits per heavy atom. The van der Waals surface area contributed by atoms with E-state index in [1.54, 1.807) is 0 Å². The monoisotopic (exact) mass is 349 g/mol. The zero-order valence-electron chi connectivity index (χ0n) is 15.9. The largest absolute Gasteiger partial charge is 0.338 e. The first-order valence-electron chi connectivity index (χ1n) is 9.41. The van der Waals surface area contributed by atoms with Crippen molar-refractivity contribution in [3.63, 3.8) is 0 Å². The Balaban J connectivity index is 1.54. The molecule has 1 unspecified atom stereocenters. The summed E-state index contributed by atoms with van der Waals surface area (Å²) in [6.45, 7) is 7.43. The number of benzene rings is 1. The van der Waals surface area contributed by atoms with E-state index in [-0.39, 0.29) is 0 Å². The lowest BCUT2D eigenvalue weighted by Crippen LogP contribution is -2.34. The van der Waals surface area contributed by atoms with Crippen LogP contribution in [-0.4, -0.2) is 37.7 Å². The smallest absolute Gasteiger partial charge is 0.112 e. The van der Waals surface area contributed by atoms with Gasteiger partial charge in [0.15, 0.2) is 0 Å². The van der Waals surface area contributed by atoms with Gasteiger partial charge in [0.2, 0.25) is 0 Å². The molecule has 4 rings (SSSR count). The summed E-state index contributed by atoms with van der Waals surface area (Å²) in [5.41, 5.74) is 6.25. The normalized spacial score (nSPS) is 18.3. The fraction of sp³-hybridized carbons (Fsp3) is 0.429. The van der Waals surface area contributed by atoms with E-state index in [4.69, 9.17) is 0 Å². The van der Waals surface area contributed by atoms with Crippen molar-refractivity contribution in [2.75, 3.05) is 13.1 Å². The number of nitrogens with zero attached hydrogens (tertiary/aromatic N) is 4. The number of nitrogens with one attached hydrogen (secondary N) is 1. The van der Waals surface area contributed by atoms with Gasteiger partial charge in [0.25, 0.3) is 0 Å². The number of imidazole rings is 1. The summed E-state index contributed by atoms with van der Waals surface area (Å²) in [5, 5.41) is 7.58. The van der Waals surface area contributed by atoms with Crippen molar-refractivity contribution in [2.45, 2.75) is 39.2 Å². The molecule has 26 heavy (non-hydrogen) atoms. The first-order valence-corrected chi connectivity index (χ1v) is 9.41. The Morgan fingerprint density at radius 1 is 1.27 bits per heavy atom. The van der Waals surface area contributed by atoms with Crippen LogP contribution in [0.15, 0.2) is 36.8 Å². The highest BCUT2D eigenvalue weighted by molar-refractivity contribution is 5.67. The number of aromatic amines is 1. The number of hydrogen-bond acceptors (Lipinski definition) is 3. The number of aryl methyl sites for hydroxylation is 3. The Labute approximate surface area is 155 Å². The summed E-state index contributed by atoms with van der Waals surface area (Å²) >= 11 is 0. The molecule has 5 heteroatoms. The third-order valence-corrected chi connectivity index (χ3v) is 5.50. The third kappa shape index (κ3) is 3.31. The molecule has 3 aromatic rings. The first-order chi connectivity index (χ1) is 12.6. The second kappa shape index (κ2) is 7.08. The molecular weight excluding hydrogens is 322 g/mol.